The number of halogens is 1. The van der Waals surface area contributed by atoms with Crippen molar-refractivity contribution in [3.8, 4) is 5.75 Å². The number of hydrogen-bond donors (Lipinski definition) is 1. The number of allylic oxidation sites excluding steroid dienone is 1. The Balaban J connectivity index is 1.28. The van der Waals surface area contributed by atoms with E-state index in [-0.39, 0.29) is 29.0 Å². The fourth-order valence-corrected chi connectivity index (χ4v) is 8.13. The monoisotopic (exact) mass is 607 g/mol. The lowest BCUT2D eigenvalue weighted by atomic mass is 9.66. The molecule has 8 heteroatoms. The topological polar surface area (TPSA) is 85.3 Å². The van der Waals surface area contributed by atoms with Crippen LogP contribution in [0.2, 0.25) is 5.02 Å². The number of carbonyl (C=O) groups is 2. The largest absolute Gasteiger partial charge is 0.490 e. The highest BCUT2D eigenvalue weighted by atomic mass is 35.5. The summed E-state index contributed by atoms with van der Waals surface area (Å²) in [5.74, 6) is 0.377. The Bertz CT molecular complexity index is 1410. The molecule has 43 heavy (non-hydrogen) atoms. The third-order valence-corrected chi connectivity index (χ3v) is 10.5. The summed E-state index contributed by atoms with van der Waals surface area (Å²) in [6.07, 6.45) is 9.80. The summed E-state index contributed by atoms with van der Waals surface area (Å²) >= 11 is 6.40. The van der Waals surface area contributed by atoms with Crippen LogP contribution in [-0.2, 0) is 26.1 Å². The zero-order valence-electron chi connectivity index (χ0n) is 25.1. The fourth-order valence-electron chi connectivity index (χ4n) is 7.94. The van der Waals surface area contributed by atoms with Gasteiger partial charge < -0.3 is 24.2 Å². The molecule has 0 aromatic heterocycles. The number of nitrogens with zero attached hydrogens (tertiary/aromatic N) is 1. The number of ether oxygens (including phenoxy) is 3. The quantitative estimate of drug-likeness (QED) is 0.260. The fraction of sp³-hybridized carbons (Fsp3) is 0.543. The zero-order chi connectivity index (χ0) is 30.1. The van der Waals surface area contributed by atoms with E-state index in [9.17, 15) is 14.7 Å². The van der Waals surface area contributed by atoms with Gasteiger partial charge in [0.2, 0.25) is 0 Å². The molecule has 1 saturated carbocycles. The van der Waals surface area contributed by atoms with Crippen LogP contribution in [0.3, 0.4) is 0 Å². The molecule has 1 spiro atoms. The van der Waals surface area contributed by atoms with Crippen molar-refractivity contribution >= 4 is 29.2 Å². The van der Waals surface area contributed by atoms with Crippen molar-refractivity contribution in [2.45, 2.75) is 69.8 Å². The Morgan fingerprint density at radius 3 is 2.72 bits per heavy atom. The van der Waals surface area contributed by atoms with E-state index in [0.717, 1.165) is 74.5 Å². The first-order valence-corrected chi connectivity index (χ1v) is 16.1. The zero-order valence-corrected chi connectivity index (χ0v) is 25.9. The lowest BCUT2D eigenvalue weighted by Gasteiger charge is -2.47. The summed E-state index contributed by atoms with van der Waals surface area (Å²) in [6, 6.07) is 11.5. The average Bonchev–Trinajstić information content (AvgIpc) is 3.15. The second-order valence-electron chi connectivity index (χ2n) is 12.8. The predicted molar refractivity (Wildman–Crippen MR) is 166 cm³/mol. The first-order chi connectivity index (χ1) is 20.8. The van der Waals surface area contributed by atoms with Crippen LogP contribution >= 0.6 is 11.6 Å². The summed E-state index contributed by atoms with van der Waals surface area (Å²) < 4.78 is 17.9. The molecular formula is C35H42ClNO6. The lowest BCUT2D eigenvalue weighted by molar-refractivity contribution is -0.148. The number of benzene rings is 2. The van der Waals surface area contributed by atoms with E-state index >= 15 is 0 Å². The van der Waals surface area contributed by atoms with E-state index < -0.39 is 5.97 Å². The summed E-state index contributed by atoms with van der Waals surface area (Å²) in [4.78, 5) is 26.7. The van der Waals surface area contributed by atoms with Crippen LogP contribution in [-0.4, -0.2) is 56.6 Å². The molecule has 0 radical (unpaired) electrons. The minimum atomic E-state index is -0.939. The maximum absolute atomic E-state index is 12.3. The number of carboxylic acids is 1. The van der Waals surface area contributed by atoms with E-state index in [1.807, 2.05) is 19.1 Å². The molecule has 1 N–H and O–H groups in total. The number of carboxylic acid groups (broad SMARTS) is 1. The highest BCUT2D eigenvalue weighted by Gasteiger charge is 2.45. The van der Waals surface area contributed by atoms with Gasteiger partial charge in [-0.2, -0.15) is 0 Å². The van der Waals surface area contributed by atoms with Crippen molar-refractivity contribution < 1.29 is 28.9 Å². The lowest BCUT2D eigenvalue weighted by Crippen LogP contribution is -2.50. The summed E-state index contributed by atoms with van der Waals surface area (Å²) in [5, 5.41) is 10.6. The maximum Gasteiger partial charge on any atom is 0.335 e. The van der Waals surface area contributed by atoms with Crippen LogP contribution in [0.1, 0.15) is 73.4 Å². The number of aryl methyl sites for hydroxylation is 1. The molecule has 0 amide bonds. The molecular weight excluding hydrogens is 566 g/mol. The van der Waals surface area contributed by atoms with Gasteiger partial charge in [0.05, 0.1) is 36.5 Å². The molecule has 1 fully saturated rings. The van der Waals surface area contributed by atoms with Gasteiger partial charge >= 0.3 is 11.9 Å². The van der Waals surface area contributed by atoms with Crippen molar-refractivity contribution in [1.29, 1.82) is 0 Å². The number of hydrogen-bond acceptors (Lipinski definition) is 6. The van der Waals surface area contributed by atoms with E-state index in [1.165, 1.54) is 16.7 Å². The van der Waals surface area contributed by atoms with Crippen molar-refractivity contribution in [2.75, 3.05) is 38.3 Å². The van der Waals surface area contributed by atoms with Crippen LogP contribution in [0.4, 0.5) is 5.69 Å². The number of fused-ring (bicyclic) bond motifs is 3. The van der Waals surface area contributed by atoms with Crippen molar-refractivity contribution in [3.63, 3.8) is 0 Å². The first-order valence-electron chi connectivity index (χ1n) is 15.7. The van der Waals surface area contributed by atoms with E-state index in [1.54, 1.807) is 19.2 Å². The molecule has 230 valence electrons. The van der Waals surface area contributed by atoms with Gasteiger partial charge in [-0.1, -0.05) is 23.7 Å². The molecule has 6 rings (SSSR count). The Hall–Kier alpha value is -3.03. The van der Waals surface area contributed by atoms with Gasteiger partial charge in [0.15, 0.2) is 0 Å². The summed E-state index contributed by atoms with van der Waals surface area (Å²) in [7, 11) is 1.80. The Morgan fingerprint density at radius 2 is 2.02 bits per heavy atom. The Morgan fingerprint density at radius 1 is 1.16 bits per heavy atom. The second kappa shape index (κ2) is 12.5. The number of esters is 1. The molecule has 4 aliphatic rings. The van der Waals surface area contributed by atoms with E-state index in [0.29, 0.717) is 31.5 Å². The highest BCUT2D eigenvalue weighted by molar-refractivity contribution is 6.30. The molecule has 0 bridgehead atoms. The van der Waals surface area contributed by atoms with Gasteiger partial charge in [-0.25, -0.2) is 4.79 Å². The molecule has 2 unspecified atom stereocenters. The minimum absolute atomic E-state index is 0.0152. The van der Waals surface area contributed by atoms with Crippen LogP contribution in [0.5, 0.6) is 5.75 Å². The van der Waals surface area contributed by atoms with Gasteiger partial charge in [-0.15, -0.1) is 0 Å². The van der Waals surface area contributed by atoms with E-state index in [2.05, 4.69) is 23.1 Å². The van der Waals surface area contributed by atoms with Gasteiger partial charge in [0.25, 0.3) is 0 Å². The molecule has 0 saturated heterocycles. The Kier molecular flexibility index (Phi) is 8.74. The van der Waals surface area contributed by atoms with Gasteiger partial charge in [0, 0.05) is 30.6 Å². The Labute approximate surface area is 259 Å². The first kappa shape index (κ1) is 30.0. The molecule has 2 aromatic carbocycles. The van der Waals surface area contributed by atoms with Crippen LogP contribution in [0.15, 0.2) is 48.0 Å². The number of methoxy groups -OCH3 is 1. The number of anilines is 1. The van der Waals surface area contributed by atoms with Crippen LogP contribution in [0.25, 0.3) is 0 Å². The molecule has 1 heterocycles. The highest BCUT2D eigenvalue weighted by Crippen LogP contribution is 2.48. The molecule has 7 nitrogen and oxygen atoms in total. The number of rotatable bonds is 8. The molecule has 1 aliphatic heterocycles. The van der Waals surface area contributed by atoms with Crippen LogP contribution in [0, 0.1) is 17.8 Å². The van der Waals surface area contributed by atoms with Crippen LogP contribution < -0.4 is 9.64 Å². The SMILES string of the molecule is CCOC(=O)[C@@H]1CC=C(C(OC)[C@@H]2CC[C@H]2CN2CC3(CCCc4cc(Cl)ccc43)COc3ccc(C(=O)O)cc32)CC1. The maximum atomic E-state index is 12.3. The van der Waals surface area contributed by atoms with E-state index in [4.69, 9.17) is 25.8 Å². The van der Waals surface area contributed by atoms with Crippen molar-refractivity contribution in [3.05, 3.63) is 69.8 Å². The van der Waals surface area contributed by atoms with Crippen molar-refractivity contribution in [2.24, 2.45) is 17.8 Å². The van der Waals surface area contributed by atoms with Gasteiger partial charge in [0.1, 0.15) is 5.75 Å². The normalized spacial score (nSPS) is 27.1. The standard InChI is InChI=1S/C35H42ClNO6/c1-3-42-34(40)23-8-6-22(7-9-23)32(41-2)28-13-10-26(28)19-37-20-35(16-4-5-24-17-27(36)12-14-29(24)35)21-43-31-15-11-25(33(38)39)18-30(31)37/h6,11-12,14-15,17-18,23,26,28,32H,3-5,7-10,13,16,19-21H2,1-2H3,(H,38,39)/t23-,26+,28-,32?,35?/m1/s1. The molecule has 3 aliphatic carbocycles. The van der Waals surface area contributed by atoms with Gasteiger partial charge in [-0.05, 0) is 117 Å². The third-order valence-electron chi connectivity index (χ3n) is 10.3. The predicted octanol–water partition coefficient (Wildman–Crippen LogP) is 6.84. The van der Waals surface area contributed by atoms with Crippen molar-refractivity contribution in [1.82, 2.24) is 0 Å². The minimum Gasteiger partial charge on any atom is -0.490 e. The summed E-state index contributed by atoms with van der Waals surface area (Å²) in [5.41, 5.74) is 4.78. The second-order valence-corrected chi connectivity index (χ2v) is 13.2. The smallest absolute Gasteiger partial charge is 0.335 e. The average molecular weight is 608 g/mol. The molecule has 2 aromatic rings. The molecule has 5 atom stereocenters. The summed E-state index contributed by atoms with van der Waals surface area (Å²) in [6.45, 7) is 4.35. The van der Waals surface area contributed by atoms with Gasteiger partial charge in [-0.3, -0.25) is 4.79 Å². The number of aromatic carboxylic acids is 1. The number of carbonyl (C=O) groups excluding carboxylic acids is 1. The third kappa shape index (κ3) is 5.91.